The SMILES string of the molecule is CC(C)(C)c1ccc2c(c1)[cH-]c1cc(C(C)(C)C)ccc12.[Zr+2]=[C](c1ccccc1)c1ccccc1.c1cc[cH-]c1. The summed E-state index contributed by atoms with van der Waals surface area (Å²) in [6.45, 7) is 13.6. The van der Waals surface area contributed by atoms with Gasteiger partial charge >= 0.3 is 99.2 Å². The third-order valence-electron chi connectivity index (χ3n) is 7.12. The van der Waals surface area contributed by atoms with Gasteiger partial charge in [0.15, 0.2) is 0 Å². The summed E-state index contributed by atoms with van der Waals surface area (Å²) >= 11 is 1.46. The van der Waals surface area contributed by atoms with E-state index in [1.165, 1.54) is 71.2 Å². The monoisotopic (exact) mass is 598 g/mol. The van der Waals surface area contributed by atoms with Gasteiger partial charge in [-0.15, -0.1) is 39.7 Å². The van der Waals surface area contributed by atoms with Crippen LogP contribution in [-0.4, -0.2) is 3.21 Å². The molecule has 40 heavy (non-hydrogen) atoms. The molecule has 6 aromatic carbocycles. The molecule has 1 heteroatoms. The molecule has 0 aliphatic heterocycles. The van der Waals surface area contributed by atoms with Crippen molar-refractivity contribution in [3.8, 4) is 0 Å². The second-order valence-electron chi connectivity index (χ2n) is 12.3. The molecule has 0 aromatic heterocycles. The van der Waals surface area contributed by atoms with E-state index in [9.17, 15) is 0 Å². The molecule has 200 valence electrons. The van der Waals surface area contributed by atoms with Crippen molar-refractivity contribution in [2.75, 3.05) is 0 Å². The summed E-state index contributed by atoms with van der Waals surface area (Å²) < 4.78 is 1.42. The van der Waals surface area contributed by atoms with Gasteiger partial charge in [0.25, 0.3) is 0 Å². The van der Waals surface area contributed by atoms with Crippen molar-refractivity contribution in [3.63, 3.8) is 0 Å². The summed E-state index contributed by atoms with van der Waals surface area (Å²) in [7, 11) is 0. The van der Waals surface area contributed by atoms with Gasteiger partial charge in [0, 0.05) is 0 Å². The third-order valence-corrected chi connectivity index (χ3v) is 8.54. The van der Waals surface area contributed by atoms with Crippen LogP contribution in [0.5, 0.6) is 0 Å². The van der Waals surface area contributed by atoms with Gasteiger partial charge in [-0.3, -0.25) is 0 Å². The quantitative estimate of drug-likeness (QED) is 0.174. The molecule has 6 aromatic rings. The Bertz CT molecular complexity index is 1510. The minimum Gasteiger partial charge on any atom is -0.214 e. The zero-order valence-corrected chi connectivity index (χ0v) is 27.2. The Kier molecular flexibility index (Phi) is 9.70. The van der Waals surface area contributed by atoms with Gasteiger partial charge in [-0.2, -0.15) is 18.2 Å². The van der Waals surface area contributed by atoms with Crippen LogP contribution in [0.25, 0.3) is 21.5 Å². The molecule has 0 spiro atoms. The fraction of sp³-hybridized carbons (Fsp3) is 0.205. The van der Waals surface area contributed by atoms with E-state index in [1.807, 2.05) is 30.3 Å². The summed E-state index contributed by atoms with van der Waals surface area (Å²) in [5.41, 5.74) is 5.87. The first-order chi connectivity index (χ1) is 19.0. The molecule has 0 atom stereocenters. The molecule has 0 N–H and O–H groups in total. The molecule has 0 unspecified atom stereocenters. The van der Waals surface area contributed by atoms with Gasteiger partial charge in [0.2, 0.25) is 0 Å². The van der Waals surface area contributed by atoms with Crippen LogP contribution in [0.2, 0.25) is 0 Å². The molecule has 6 rings (SSSR count). The van der Waals surface area contributed by atoms with Crippen LogP contribution in [-0.2, 0) is 35.1 Å². The average Bonchev–Trinajstić information content (AvgIpc) is 3.64. The van der Waals surface area contributed by atoms with Crippen molar-refractivity contribution in [2.45, 2.75) is 52.4 Å². The van der Waals surface area contributed by atoms with Crippen LogP contribution in [0.3, 0.4) is 0 Å². The van der Waals surface area contributed by atoms with Crippen molar-refractivity contribution in [2.24, 2.45) is 0 Å². The zero-order chi connectivity index (χ0) is 28.8. The maximum atomic E-state index is 2.35. The first-order valence-electron chi connectivity index (χ1n) is 14.0. The third kappa shape index (κ3) is 7.74. The molecule has 0 aliphatic carbocycles. The Morgan fingerprint density at radius 3 is 1.25 bits per heavy atom. The van der Waals surface area contributed by atoms with Crippen LogP contribution < -0.4 is 0 Å². The van der Waals surface area contributed by atoms with Gasteiger partial charge in [-0.25, -0.2) is 12.1 Å². The Hall–Kier alpha value is -3.15. The van der Waals surface area contributed by atoms with Crippen molar-refractivity contribution in [1.82, 2.24) is 0 Å². The van der Waals surface area contributed by atoms with E-state index in [2.05, 4.69) is 145 Å². The van der Waals surface area contributed by atoms with Gasteiger partial charge in [0.05, 0.1) is 0 Å². The molecule has 0 aliphatic rings. The van der Waals surface area contributed by atoms with Crippen molar-refractivity contribution >= 4 is 24.8 Å². The fourth-order valence-corrected chi connectivity index (χ4v) is 5.47. The molecule has 0 nitrogen and oxygen atoms in total. The zero-order valence-electron chi connectivity index (χ0n) is 24.7. The first-order valence-corrected chi connectivity index (χ1v) is 15.3. The normalized spacial score (nSPS) is 11.4. The first kappa shape index (κ1) is 29.8. The van der Waals surface area contributed by atoms with Crippen LogP contribution in [0.15, 0.2) is 133 Å². The smallest absolute Gasteiger partial charge is 0.172 e. The van der Waals surface area contributed by atoms with Gasteiger partial charge in [-0.1, -0.05) is 76.9 Å². The summed E-state index contributed by atoms with van der Waals surface area (Å²) in [4.78, 5) is 0. The van der Waals surface area contributed by atoms with E-state index in [4.69, 9.17) is 0 Å². The number of hydrogen-bond acceptors (Lipinski definition) is 0. The van der Waals surface area contributed by atoms with Crippen molar-refractivity contribution in [1.29, 1.82) is 0 Å². The number of hydrogen-bond donors (Lipinski definition) is 0. The molecular weight excluding hydrogens is 560 g/mol. The van der Waals surface area contributed by atoms with Gasteiger partial charge < -0.3 is 0 Å². The van der Waals surface area contributed by atoms with E-state index in [-0.39, 0.29) is 10.8 Å². The van der Waals surface area contributed by atoms with Crippen LogP contribution in [0, 0.1) is 0 Å². The molecule has 0 radical (unpaired) electrons. The Morgan fingerprint density at radius 2 is 0.925 bits per heavy atom. The largest absolute Gasteiger partial charge is 0.214 e. The maximum absolute atomic E-state index is 2.35. The van der Waals surface area contributed by atoms with Gasteiger partial charge in [0.1, 0.15) is 0 Å². The number of fused-ring (bicyclic) bond motifs is 3. The number of benzene rings is 4. The Balaban J connectivity index is 0.000000166. The minimum absolute atomic E-state index is 0.203. The Morgan fingerprint density at radius 1 is 0.525 bits per heavy atom. The number of rotatable bonds is 2. The topological polar surface area (TPSA) is 0 Å². The van der Waals surface area contributed by atoms with Crippen molar-refractivity contribution < 1.29 is 24.2 Å². The van der Waals surface area contributed by atoms with E-state index >= 15 is 0 Å². The predicted molar refractivity (Wildman–Crippen MR) is 173 cm³/mol. The van der Waals surface area contributed by atoms with E-state index < -0.39 is 0 Å². The van der Waals surface area contributed by atoms with E-state index in [1.54, 1.807) is 0 Å². The summed E-state index contributed by atoms with van der Waals surface area (Å²) in [5, 5.41) is 5.48. The van der Waals surface area contributed by atoms with Crippen LogP contribution in [0.4, 0.5) is 0 Å². The van der Waals surface area contributed by atoms with Crippen molar-refractivity contribution in [3.05, 3.63) is 156 Å². The average molecular weight is 600 g/mol. The molecule has 0 saturated carbocycles. The molecule has 0 fully saturated rings. The van der Waals surface area contributed by atoms with Crippen LogP contribution >= 0.6 is 0 Å². The molecule has 0 amide bonds. The summed E-state index contributed by atoms with van der Waals surface area (Å²) in [5.74, 6) is 0. The predicted octanol–water partition coefficient (Wildman–Crippen LogP) is 10.5. The van der Waals surface area contributed by atoms with Gasteiger partial charge in [-0.05, 0) is 10.8 Å². The molecule has 0 heterocycles. The second-order valence-corrected chi connectivity index (χ2v) is 13.5. The molecule has 0 bridgehead atoms. The molecule has 0 saturated heterocycles. The summed E-state index contributed by atoms with van der Waals surface area (Å²) in [6, 6.07) is 47.3. The van der Waals surface area contributed by atoms with Crippen LogP contribution in [0.1, 0.15) is 63.8 Å². The van der Waals surface area contributed by atoms with E-state index in [0.717, 1.165) is 0 Å². The Labute approximate surface area is 255 Å². The van der Waals surface area contributed by atoms with E-state index in [0.29, 0.717) is 0 Å². The second kappa shape index (κ2) is 13.0. The maximum Gasteiger partial charge on any atom is -0.172 e. The minimum atomic E-state index is 0.203. The standard InChI is InChI=1S/C21H25.C13H10.C5H5.Zr/c1-20(2,3)16-7-9-18-14(12-16)11-15-13-17(21(4,5)6)8-10-19(15)18;1-3-7-12(8-4-1)11-13-9-5-2-6-10-13;1-2-4-5-3-1;/h7-13H,1-6H3;1-10H;1-5H;/q-1;;-1;+2. The summed E-state index contributed by atoms with van der Waals surface area (Å²) in [6.07, 6.45) is 0. The fourth-order valence-electron chi connectivity index (χ4n) is 4.65. The molecular formula is C39H40Zr.